The van der Waals surface area contributed by atoms with Crippen LogP contribution in [0, 0.1) is 10.1 Å². The molecule has 1 N–H and O–H groups in total. The molecule has 0 atom stereocenters. The van der Waals surface area contributed by atoms with Crippen LogP contribution < -0.4 is 10.1 Å². The van der Waals surface area contributed by atoms with Crippen LogP contribution in [0.15, 0.2) is 24.3 Å². The third-order valence-electron chi connectivity index (χ3n) is 2.05. The highest BCUT2D eigenvalue weighted by molar-refractivity contribution is 5.80. The Morgan fingerprint density at radius 3 is 2.42 bits per heavy atom. The van der Waals surface area contributed by atoms with Gasteiger partial charge in [0.05, 0.1) is 4.92 Å². The molecular weight excluding hydrogens is 256 g/mol. The van der Waals surface area contributed by atoms with E-state index >= 15 is 0 Å². The molecule has 0 bridgehead atoms. The van der Waals surface area contributed by atoms with Gasteiger partial charge in [0.1, 0.15) is 5.75 Å². The second-order valence-electron chi connectivity index (χ2n) is 3.37. The summed E-state index contributed by atoms with van der Waals surface area (Å²) >= 11 is 0. The molecule has 0 heterocycles. The maximum atomic E-state index is 11.2. The zero-order valence-electron chi connectivity index (χ0n) is 10.1. The average molecular weight is 268 g/mol. The van der Waals surface area contributed by atoms with E-state index in [0.29, 0.717) is 5.75 Å². The second-order valence-corrected chi connectivity index (χ2v) is 3.37. The van der Waals surface area contributed by atoms with E-state index in [1.807, 2.05) is 0 Å². The van der Waals surface area contributed by atoms with Crippen molar-refractivity contribution in [3.05, 3.63) is 34.4 Å². The minimum atomic E-state index is -0.707. The molecule has 0 spiro atoms. The van der Waals surface area contributed by atoms with Crippen LogP contribution in [-0.4, -0.2) is 37.1 Å². The number of non-ortho nitro benzene ring substituents is 1. The van der Waals surface area contributed by atoms with Gasteiger partial charge >= 0.3 is 5.97 Å². The van der Waals surface area contributed by atoms with Crippen molar-refractivity contribution in [2.45, 2.75) is 0 Å². The molecule has 0 aromatic heterocycles. The molecule has 19 heavy (non-hydrogen) atoms. The van der Waals surface area contributed by atoms with Gasteiger partial charge in [0.2, 0.25) is 0 Å². The number of carbonyl (C=O) groups is 2. The molecule has 0 aliphatic carbocycles. The first-order valence-corrected chi connectivity index (χ1v) is 5.26. The van der Waals surface area contributed by atoms with Crippen molar-refractivity contribution in [2.75, 3.05) is 20.3 Å². The predicted octanol–water partition coefficient (Wildman–Crippen LogP) is 0.263. The van der Waals surface area contributed by atoms with Gasteiger partial charge in [-0.1, -0.05) is 0 Å². The van der Waals surface area contributed by atoms with E-state index in [1.54, 1.807) is 0 Å². The summed E-state index contributed by atoms with van der Waals surface area (Å²) in [5.41, 5.74) is -0.0745. The largest absolute Gasteiger partial charge is 0.482 e. The first-order chi connectivity index (χ1) is 9.02. The molecule has 1 aromatic carbocycles. The lowest BCUT2D eigenvalue weighted by atomic mass is 10.3. The molecule has 8 nitrogen and oxygen atoms in total. The highest BCUT2D eigenvalue weighted by Gasteiger charge is 2.08. The van der Waals surface area contributed by atoms with Crippen molar-refractivity contribution in [3.8, 4) is 5.75 Å². The number of nitro groups is 1. The number of nitrogens with zero attached hydrogens (tertiary/aromatic N) is 1. The predicted molar refractivity (Wildman–Crippen MR) is 63.6 cm³/mol. The Labute approximate surface area is 108 Å². The number of hydrogen-bond donors (Lipinski definition) is 1. The first kappa shape index (κ1) is 14.4. The fourth-order valence-corrected chi connectivity index (χ4v) is 1.07. The van der Waals surface area contributed by atoms with E-state index in [2.05, 4.69) is 10.1 Å². The van der Waals surface area contributed by atoms with Crippen LogP contribution in [0.3, 0.4) is 0 Å². The van der Waals surface area contributed by atoms with Gasteiger partial charge in [0, 0.05) is 19.2 Å². The Morgan fingerprint density at radius 1 is 1.26 bits per heavy atom. The second kappa shape index (κ2) is 6.94. The van der Waals surface area contributed by atoms with Crippen molar-refractivity contribution < 1.29 is 24.0 Å². The summed E-state index contributed by atoms with van der Waals surface area (Å²) in [6, 6.07) is 5.24. The lowest BCUT2D eigenvalue weighted by molar-refractivity contribution is -0.384. The maximum Gasteiger partial charge on any atom is 0.344 e. The Hall–Kier alpha value is -2.64. The number of benzene rings is 1. The van der Waals surface area contributed by atoms with Crippen LogP contribution in [-0.2, 0) is 14.3 Å². The summed E-state index contributed by atoms with van der Waals surface area (Å²) in [5.74, 6) is -0.840. The molecule has 0 radical (unpaired) electrons. The lowest BCUT2D eigenvalue weighted by Crippen LogP contribution is -2.26. The van der Waals surface area contributed by atoms with Crippen LogP contribution in [0.25, 0.3) is 0 Å². The van der Waals surface area contributed by atoms with Gasteiger partial charge < -0.3 is 14.8 Å². The average Bonchev–Trinajstić information content (AvgIpc) is 2.42. The van der Waals surface area contributed by atoms with Gasteiger partial charge in [-0.15, -0.1) is 0 Å². The van der Waals surface area contributed by atoms with Crippen LogP contribution in [0.5, 0.6) is 5.75 Å². The van der Waals surface area contributed by atoms with Gasteiger partial charge in [-0.05, 0) is 12.1 Å². The Bertz CT molecular complexity index is 471. The summed E-state index contributed by atoms with van der Waals surface area (Å²) in [7, 11) is 1.42. The number of nitro benzene ring substituents is 1. The summed E-state index contributed by atoms with van der Waals surface area (Å²) in [5, 5.41) is 12.7. The SMILES string of the molecule is CNC(=O)COC(=O)COc1ccc([N+](=O)[O-])cc1. The molecule has 0 saturated carbocycles. The first-order valence-electron chi connectivity index (χ1n) is 5.26. The van der Waals surface area contributed by atoms with E-state index < -0.39 is 16.8 Å². The van der Waals surface area contributed by atoms with Gasteiger partial charge in [-0.2, -0.15) is 0 Å². The number of ether oxygens (including phenoxy) is 2. The Kier molecular flexibility index (Phi) is 5.27. The molecular formula is C11H12N2O6. The van der Waals surface area contributed by atoms with Gasteiger partial charge in [-0.25, -0.2) is 4.79 Å². The van der Waals surface area contributed by atoms with E-state index in [9.17, 15) is 19.7 Å². The van der Waals surface area contributed by atoms with Crippen LogP contribution in [0.2, 0.25) is 0 Å². The molecule has 8 heteroatoms. The molecule has 1 amide bonds. The quantitative estimate of drug-likeness (QED) is 0.450. The zero-order valence-corrected chi connectivity index (χ0v) is 10.1. The number of rotatable bonds is 6. The summed E-state index contributed by atoms with van der Waals surface area (Å²) < 4.78 is 9.63. The number of amides is 1. The molecule has 102 valence electrons. The normalized spacial score (nSPS) is 9.53. The number of nitrogens with one attached hydrogen (secondary N) is 1. The van der Waals surface area contributed by atoms with Crippen molar-refractivity contribution >= 4 is 17.6 Å². The van der Waals surface area contributed by atoms with Crippen LogP contribution in [0.4, 0.5) is 5.69 Å². The van der Waals surface area contributed by atoms with Crippen molar-refractivity contribution in [2.24, 2.45) is 0 Å². The minimum Gasteiger partial charge on any atom is -0.482 e. The smallest absolute Gasteiger partial charge is 0.344 e. The molecule has 1 rings (SSSR count). The van der Waals surface area contributed by atoms with E-state index in [-0.39, 0.29) is 18.9 Å². The van der Waals surface area contributed by atoms with Crippen LogP contribution >= 0.6 is 0 Å². The van der Waals surface area contributed by atoms with E-state index in [4.69, 9.17) is 4.74 Å². The zero-order chi connectivity index (χ0) is 14.3. The Morgan fingerprint density at radius 2 is 1.89 bits per heavy atom. The minimum absolute atomic E-state index is 0.0745. The third-order valence-corrected chi connectivity index (χ3v) is 2.05. The summed E-state index contributed by atoms with van der Waals surface area (Å²) in [6.45, 7) is -0.756. The van der Waals surface area contributed by atoms with Gasteiger partial charge in [0.25, 0.3) is 11.6 Å². The highest BCUT2D eigenvalue weighted by atomic mass is 16.6. The fraction of sp³-hybridized carbons (Fsp3) is 0.273. The summed E-state index contributed by atoms with van der Waals surface area (Å²) in [6.07, 6.45) is 0. The number of carbonyl (C=O) groups excluding carboxylic acids is 2. The number of likely N-dealkylation sites (N-methyl/N-ethyl adjacent to an activating group) is 1. The summed E-state index contributed by atoms with van der Waals surface area (Å²) in [4.78, 5) is 31.8. The maximum absolute atomic E-state index is 11.2. The topological polar surface area (TPSA) is 108 Å². The molecule has 0 unspecified atom stereocenters. The highest BCUT2D eigenvalue weighted by Crippen LogP contribution is 2.17. The van der Waals surface area contributed by atoms with Crippen molar-refractivity contribution in [3.63, 3.8) is 0 Å². The van der Waals surface area contributed by atoms with Crippen LogP contribution in [0.1, 0.15) is 0 Å². The van der Waals surface area contributed by atoms with Crippen molar-refractivity contribution in [1.29, 1.82) is 0 Å². The number of hydrogen-bond acceptors (Lipinski definition) is 6. The van der Waals surface area contributed by atoms with Crippen molar-refractivity contribution in [1.82, 2.24) is 5.32 Å². The Balaban J connectivity index is 2.37. The fourth-order valence-electron chi connectivity index (χ4n) is 1.07. The van der Waals surface area contributed by atoms with E-state index in [0.717, 1.165) is 0 Å². The standard InChI is InChI=1S/C11H12N2O6/c1-12-10(14)6-19-11(15)7-18-9-4-2-8(3-5-9)13(16)17/h2-5H,6-7H2,1H3,(H,12,14). The third kappa shape index (κ3) is 5.02. The molecule has 0 saturated heterocycles. The monoisotopic (exact) mass is 268 g/mol. The van der Waals surface area contributed by atoms with Gasteiger partial charge in [-0.3, -0.25) is 14.9 Å². The van der Waals surface area contributed by atoms with E-state index in [1.165, 1.54) is 31.3 Å². The molecule has 0 aliphatic rings. The number of esters is 1. The molecule has 0 fully saturated rings. The molecule has 1 aromatic rings. The van der Waals surface area contributed by atoms with Gasteiger partial charge in [0.15, 0.2) is 13.2 Å². The lowest BCUT2D eigenvalue weighted by Gasteiger charge is -2.06. The molecule has 0 aliphatic heterocycles.